The molecule has 7 nitrogen and oxygen atoms in total. The number of unbranched alkanes of at least 4 members (excludes halogenated alkanes) is 1. The van der Waals surface area contributed by atoms with Crippen LogP contribution < -0.4 is 0 Å². The van der Waals surface area contributed by atoms with E-state index >= 15 is 0 Å². The lowest BCUT2D eigenvalue weighted by Crippen LogP contribution is -1.96. The molecule has 0 spiro atoms. The second-order valence-electron chi connectivity index (χ2n) is 7.15. The van der Waals surface area contributed by atoms with Crippen LogP contribution in [0.15, 0.2) is 34.9 Å². The third-order valence-corrected chi connectivity index (χ3v) is 6.30. The summed E-state index contributed by atoms with van der Waals surface area (Å²) in [5.41, 5.74) is 3.88. The van der Waals surface area contributed by atoms with Crippen molar-refractivity contribution >= 4 is 15.6 Å². The second kappa shape index (κ2) is 11.5. The SMILES string of the molecule is CC(C)=CCC/C(C)=C/CCC/C(=C/COP(=O)(O)OP(=O)(O)O)C1CC1. The molecule has 1 atom stereocenters. The van der Waals surface area contributed by atoms with Gasteiger partial charge in [-0.05, 0) is 71.6 Å². The van der Waals surface area contributed by atoms with E-state index in [2.05, 4.69) is 41.8 Å². The Morgan fingerprint density at radius 3 is 2.22 bits per heavy atom. The minimum atomic E-state index is -5.07. The van der Waals surface area contributed by atoms with Crippen molar-refractivity contribution < 1.29 is 32.6 Å². The van der Waals surface area contributed by atoms with Crippen LogP contribution in [0.4, 0.5) is 0 Å². The molecule has 27 heavy (non-hydrogen) atoms. The van der Waals surface area contributed by atoms with Crippen LogP contribution in [0.2, 0.25) is 0 Å². The van der Waals surface area contributed by atoms with Crippen LogP contribution >= 0.6 is 15.6 Å². The first kappa shape index (κ1) is 24.5. The maximum Gasteiger partial charge on any atom is 0.481 e. The number of hydrogen-bond donors (Lipinski definition) is 3. The third-order valence-electron chi connectivity index (χ3n) is 4.15. The van der Waals surface area contributed by atoms with Gasteiger partial charge in [0.05, 0.1) is 6.61 Å². The van der Waals surface area contributed by atoms with Crippen LogP contribution in [0.3, 0.4) is 0 Å². The summed E-state index contributed by atoms with van der Waals surface area (Å²) in [6, 6.07) is 0. The van der Waals surface area contributed by atoms with Crippen molar-refractivity contribution in [2.45, 2.75) is 65.7 Å². The van der Waals surface area contributed by atoms with Gasteiger partial charge in [0.2, 0.25) is 0 Å². The van der Waals surface area contributed by atoms with Gasteiger partial charge in [-0.25, -0.2) is 9.13 Å². The molecule has 9 heteroatoms. The summed E-state index contributed by atoms with van der Waals surface area (Å²) in [6.45, 7) is 6.13. The smallest absolute Gasteiger partial charge is 0.302 e. The Kier molecular flexibility index (Phi) is 10.4. The highest BCUT2D eigenvalue weighted by Crippen LogP contribution is 2.57. The van der Waals surface area contributed by atoms with Crippen molar-refractivity contribution in [3.05, 3.63) is 34.9 Å². The van der Waals surface area contributed by atoms with Crippen molar-refractivity contribution in [1.29, 1.82) is 0 Å². The van der Waals surface area contributed by atoms with Crippen molar-refractivity contribution in [3.8, 4) is 0 Å². The largest absolute Gasteiger partial charge is 0.481 e. The second-order valence-corrected chi connectivity index (χ2v) is 9.98. The molecule has 0 bridgehead atoms. The molecule has 0 aliphatic heterocycles. The number of allylic oxidation sites excluding steroid dienone is 5. The van der Waals surface area contributed by atoms with Gasteiger partial charge in [-0.15, -0.1) is 0 Å². The quantitative estimate of drug-likeness (QED) is 0.206. The summed E-state index contributed by atoms with van der Waals surface area (Å²) in [5, 5.41) is 0. The van der Waals surface area contributed by atoms with Crippen LogP contribution in [0.25, 0.3) is 0 Å². The summed E-state index contributed by atoms with van der Waals surface area (Å²) in [5.74, 6) is 0.483. The molecule has 1 saturated carbocycles. The standard InChI is InChI=1S/C18H32O7P2/c1-15(2)7-6-9-16(3)8-4-5-10-17(18-11-12-18)13-14-24-27(22,23)25-26(19,20)21/h7-8,13,18H,4-6,9-12,14H2,1-3H3,(H,22,23)(H2,19,20,21)/b16-8+,17-13-. The van der Waals surface area contributed by atoms with E-state index in [0.29, 0.717) is 5.92 Å². The summed E-state index contributed by atoms with van der Waals surface area (Å²) in [7, 11) is -9.84. The molecule has 0 heterocycles. The third kappa shape index (κ3) is 13.3. The van der Waals surface area contributed by atoms with E-state index in [-0.39, 0.29) is 6.61 Å². The van der Waals surface area contributed by atoms with E-state index in [0.717, 1.165) is 44.9 Å². The van der Waals surface area contributed by atoms with Crippen molar-refractivity contribution in [2.75, 3.05) is 6.61 Å². The average Bonchev–Trinajstić information content (AvgIpc) is 3.31. The molecular weight excluding hydrogens is 390 g/mol. The van der Waals surface area contributed by atoms with E-state index in [1.165, 1.54) is 16.7 Å². The van der Waals surface area contributed by atoms with Gasteiger partial charge in [0, 0.05) is 0 Å². The zero-order valence-electron chi connectivity index (χ0n) is 16.3. The summed E-state index contributed by atoms with van der Waals surface area (Å²) >= 11 is 0. The molecule has 1 fully saturated rings. The fourth-order valence-electron chi connectivity index (χ4n) is 2.67. The summed E-state index contributed by atoms with van der Waals surface area (Å²) < 4.78 is 30.5. The molecule has 0 aromatic carbocycles. The van der Waals surface area contributed by atoms with Crippen molar-refractivity contribution in [1.82, 2.24) is 0 Å². The summed E-state index contributed by atoms with van der Waals surface area (Å²) in [4.78, 5) is 26.4. The van der Waals surface area contributed by atoms with Crippen LogP contribution in [-0.2, 0) is 18.0 Å². The van der Waals surface area contributed by atoms with E-state index in [1.54, 1.807) is 6.08 Å². The minimum Gasteiger partial charge on any atom is -0.302 e. The van der Waals surface area contributed by atoms with Gasteiger partial charge >= 0.3 is 15.6 Å². The van der Waals surface area contributed by atoms with Crippen LogP contribution in [0.5, 0.6) is 0 Å². The maximum absolute atomic E-state index is 11.4. The van der Waals surface area contributed by atoms with E-state index in [9.17, 15) is 14.0 Å². The zero-order valence-corrected chi connectivity index (χ0v) is 18.1. The Balaban J connectivity index is 2.39. The van der Waals surface area contributed by atoms with Crippen LogP contribution in [0.1, 0.15) is 65.7 Å². The number of hydrogen-bond acceptors (Lipinski definition) is 4. The first-order valence-electron chi connectivity index (χ1n) is 9.20. The van der Waals surface area contributed by atoms with Crippen molar-refractivity contribution in [3.63, 3.8) is 0 Å². The van der Waals surface area contributed by atoms with Gasteiger partial charge in [0.25, 0.3) is 0 Å². The maximum atomic E-state index is 11.4. The molecule has 1 rings (SSSR count). The Bertz CT molecular complexity index is 653. The molecular formula is C18H32O7P2. The van der Waals surface area contributed by atoms with Gasteiger partial charge in [0.1, 0.15) is 0 Å². The average molecular weight is 422 g/mol. The lowest BCUT2D eigenvalue weighted by molar-refractivity contribution is 0.191. The summed E-state index contributed by atoms with van der Waals surface area (Å²) in [6.07, 6.45) is 13.4. The number of phosphoric ester groups is 1. The van der Waals surface area contributed by atoms with E-state index < -0.39 is 15.6 Å². The molecule has 0 amide bonds. The Morgan fingerprint density at radius 2 is 1.67 bits per heavy atom. The molecule has 1 aliphatic rings. The number of rotatable bonds is 13. The van der Waals surface area contributed by atoms with Gasteiger partial charge in [-0.2, -0.15) is 4.31 Å². The van der Waals surface area contributed by atoms with Crippen LogP contribution in [-0.4, -0.2) is 21.3 Å². The van der Waals surface area contributed by atoms with Gasteiger partial charge < -0.3 is 14.7 Å². The normalized spacial score (nSPS) is 18.3. The van der Waals surface area contributed by atoms with Gasteiger partial charge in [-0.3, -0.25) is 4.52 Å². The Labute approximate surface area is 162 Å². The molecule has 1 unspecified atom stereocenters. The Morgan fingerprint density at radius 1 is 1.00 bits per heavy atom. The highest BCUT2D eigenvalue weighted by atomic mass is 31.3. The van der Waals surface area contributed by atoms with Gasteiger partial charge in [0.15, 0.2) is 0 Å². The predicted octanol–water partition coefficient (Wildman–Crippen LogP) is 5.41. The highest BCUT2D eigenvalue weighted by molar-refractivity contribution is 7.60. The lowest BCUT2D eigenvalue weighted by atomic mass is 10.0. The first-order valence-corrected chi connectivity index (χ1v) is 12.2. The van der Waals surface area contributed by atoms with E-state index in [4.69, 9.17) is 9.79 Å². The molecule has 0 saturated heterocycles. The molecule has 0 aromatic heterocycles. The van der Waals surface area contributed by atoms with E-state index in [1.807, 2.05) is 0 Å². The van der Waals surface area contributed by atoms with Crippen LogP contribution in [0, 0.1) is 5.92 Å². The first-order chi connectivity index (χ1) is 12.5. The fourth-order valence-corrected chi connectivity index (χ4v) is 4.20. The lowest BCUT2D eigenvalue weighted by Gasteiger charge is -2.12. The predicted molar refractivity (Wildman–Crippen MR) is 106 cm³/mol. The molecule has 0 aromatic rings. The van der Waals surface area contributed by atoms with Crippen molar-refractivity contribution in [2.24, 2.45) is 5.92 Å². The topological polar surface area (TPSA) is 113 Å². The highest BCUT2D eigenvalue weighted by Gasteiger charge is 2.32. The number of phosphoric acid groups is 2. The monoisotopic (exact) mass is 422 g/mol. The molecule has 1 aliphatic carbocycles. The fraction of sp³-hybridized carbons (Fsp3) is 0.667. The molecule has 0 radical (unpaired) electrons. The van der Waals surface area contributed by atoms with Gasteiger partial charge in [-0.1, -0.05) is 34.9 Å². The Hall–Kier alpha value is -0.520. The molecule has 3 N–H and O–H groups in total. The minimum absolute atomic E-state index is 0.211. The zero-order chi connectivity index (χ0) is 20.5. The molecule has 156 valence electrons.